The summed E-state index contributed by atoms with van der Waals surface area (Å²) in [5, 5.41) is 0. The van der Waals surface area contributed by atoms with Crippen LogP contribution in [-0.4, -0.2) is 8.42 Å². The minimum atomic E-state index is -3.42. The van der Waals surface area contributed by atoms with Gasteiger partial charge >= 0.3 is 10.4 Å². The molecule has 1 aliphatic carbocycles. The lowest BCUT2D eigenvalue weighted by Crippen LogP contribution is -1.85. The molecule has 1 saturated carbocycles. The molecule has 2 aliphatic rings. The molecule has 66 valence electrons. The highest BCUT2D eigenvalue weighted by Crippen LogP contribution is 2.15. The van der Waals surface area contributed by atoms with Crippen molar-refractivity contribution in [2.24, 2.45) is 0 Å². The summed E-state index contributed by atoms with van der Waals surface area (Å²) in [4.78, 5) is 0. The van der Waals surface area contributed by atoms with E-state index in [-0.39, 0.29) is 0 Å². The van der Waals surface area contributed by atoms with Crippen LogP contribution < -0.4 is 0 Å². The minimum Gasteiger partial charge on any atom is -0.164 e. The molecule has 2 fully saturated rings. The molecule has 11 heavy (non-hydrogen) atoms. The molecule has 0 aromatic carbocycles. The van der Waals surface area contributed by atoms with E-state index < -0.39 is 10.4 Å². The summed E-state index contributed by atoms with van der Waals surface area (Å²) >= 11 is 0. The molecule has 5 heteroatoms. The second-order valence-electron chi connectivity index (χ2n) is 2.67. The maximum absolute atomic E-state index is 9.30. The van der Waals surface area contributed by atoms with Gasteiger partial charge in [-0.15, -0.1) is 0 Å². The van der Waals surface area contributed by atoms with Crippen molar-refractivity contribution >= 4 is 10.4 Å². The Balaban J connectivity index is 0.000000112. The molecule has 0 aromatic heterocycles. The van der Waals surface area contributed by atoms with Gasteiger partial charge in [0.25, 0.3) is 0 Å². The van der Waals surface area contributed by atoms with Gasteiger partial charge in [0.05, 0.1) is 0 Å². The fraction of sp³-hybridized carbons (Fsp3) is 1.00. The largest absolute Gasteiger partial charge is 0.455 e. The molecule has 0 bridgehead atoms. The van der Waals surface area contributed by atoms with Crippen LogP contribution in [-0.2, 0) is 19.1 Å². The van der Waals surface area contributed by atoms with Gasteiger partial charge in [-0.25, -0.2) is 0 Å². The molecule has 1 saturated heterocycles. The molecular weight excluding hydrogens is 168 g/mol. The van der Waals surface area contributed by atoms with Gasteiger partial charge in [-0.3, -0.25) is 0 Å². The van der Waals surface area contributed by atoms with Crippen molar-refractivity contribution in [1.82, 2.24) is 0 Å². The van der Waals surface area contributed by atoms with Crippen molar-refractivity contribution in [2.75, 3.05) is 0 Å². The second-order valence-corrected chi connectivity index (χ2v) is 3.75. The van der Waals surface area contributed by atoms with Crippen LogP contribution in [0.25, 0.3) is 0 Å². The van der Waals surface area contributed by atoms with Crippen molar-refractivity contribution in [3.8, 4) is 0 Å². The van der Waals surface area contributed by atoms with Crippen LogP contribution in [0.1, 0.15) is 38.5 Å². The molecule has 0 amide bonds. The van der Waals surface area contributed by atoms with Crippen molar-refractivity contribution < 1.29 is 17.1 Å². The van der Waals surface area contributed by atoms with Crippen LogP contribution in [0.2, 0.25) is 0 Å². The van der Waals surface area contributed by atoms with Crippen LogP contribution in [0, 0.1) is 0 Å². The van der Waals surface area contributed by atoms with Crippen molar-refractivity contribution in [2.45, 2.75) is 38.5 Å². The predicted octanol–water partition coefficient (Wildman–Crippen LogP) is 1.53. The van der Waals surface area contributed by atoms with E-state index in [1.54, 1.807) is 0 Å². The van der Waals surface area contributed by atoms with Gasteiger partial charge in [-0.1, -0.05) is 47.2 Å². The average molecular weight is 180 g/mol. The topological polar surface area (TPSA) is 59.2 Å². The molecular formula is C6H12O4S. The summed E-state index contributed by atoms with van der Waals surface area (Å²) in [6.07, 6.45) is 9.00. The first-order chi connectivity index (χ1) is 5.21. The summed E-state index contributed by atoms with van der Waals surface area (Å²) in [7, 11) is -3.42. The van der Waals surface area contributed by atoms with Crippen LogP contribution in [0.15, 0.2) is 0 Å². The average Bonchev–Trinajstić information content (AvgIpc) is 2.71. The Morgan fingerprint density at radius 1 is 0.727 bits per heavy atom. The Hall–Kier alpha value is -0.130. The molecule has 0 N–H and O–H groups in total. The Morgan fingerprint density at radius 2 is 0.909 bits per heavy atom. The number of hydrogen-bond acceptors (Lipinski definition) is 4. The fourth-order valence-corrected chi connectivity index (χ4v) is 1.26. The van der Waals surface area contributed by atoms with Gasteiger partial charge in [0.1, 0.15) is 0 Å². The standard InChI is InChI=1S/C6H12.O4S/c1-2-4-6-5-3-1;1-5(2)3-4-5/h1-6H2;. The molecule has 1 aliphatic heterocycles. The lowest BCUT2D eigenvalue weighted by Gasteiger charge is -2.05. The fourth-order valence-electron chi connectivity index (χ4n) is 1.08. The third-order valence-electron chi connectivity index (χ3n) is 1.68. The summed E-state index contributed by atoms with van der Waals surface area (Å²) in [6, 6.07) is 0. The van der Waals surface area contributed by atoms with Crippen LogP contribution in [0.4, 0.5) is 0 Å². The van der Waals surface area contributed by atoms with Crippen LogP contribution in [0.5, 0.6) is 0 Å². The smallest absolute Gasteiger partial charge is 0.164 e. The van der Waals surface area contributed by atoms with Gasteiger partial charge in [-0.2, -0.15) is 8.42 Å². The lowest BCUT2D eigenvalue weighted by molar-refractivity contribution is 0.0850. The van der Waals surface area contributed by atoms with Gasteiger partial charge in [0.2, 0.25) is 0 Å². The van der Waals surface area contributed by atoms with Crippen LogP contribution in [0.3, 0.4) is 0 Å². The molecule has 0 atom stereocenters. The van der Waals surface area contributed by atoms with Crippen molar-refractivity contribution in [1.29, 1.82) is 0 Å². The third kappa shape index (κ3) is 5.17. The zero-order chi connectivity index (χ0) is 8.16. The summed E-state index contributed by atoms with van der Waals surface area (Å²) in [6.45, 7) is 0. The van der Waals surface area contributed by atoms with E-state index in [2.05, 4.69) is 8.67 Å². The maximum atomic E-state index is 9.30. The highest BCUT2D eigenvalue weighted by Gasteiger charge is 2.31. The van der Waals surface area contributed by atoms with Crippen molar-refractivity contribution in [3.63, 3.8) is 0 Å². The van der Waals surface area contributed by atoms with E-state index in [1.807, 2.05) is 0 Å². The predicted molar refractivity (Wildman–Crippen MR) is 38.8 cm³/mol. The van der Waals surface area contributed by atoms with Gasteiger partial charge in [-0.05, 0) is 0 Å². The normalized spacial score (nSPS) is 26.5. The quantitative estimate of drug-likeness (QED) is 0.419. The first-order valence-corrected chi connectivity index (χ1v) is 5.17. The Labute approximate surface area is 66.8 Å². The minimum absolute atomic E-state index is 1.50. The van der Waals surface area contributed by atoms with E-state index >= 15 is 0 Å². The van der Waals surface area contributed by atoms with Gasteiger partial charge in [0.15, 0.2) is 0 Å². The first-order valence-electron chi connectivity index (χ1n) is 3.83. The number of hydrogen-bond donors (Lipinski definition) is 0. The highest BCUT2D eigenvalue weighted by atomic mass is 32.3. The Kier molecular flexibility index (Phi) is 3.29. The Morgan fingerprint density at radius 3 is 1.00 bits per heavy atom. The summed E-state index contributed by atoms with van der Waals surface area (Å²) in [5.41, 5.74) is 0. The SMILES string of the molecule is C1CCCCC1.O=S1(=O)OO1. The van der Waals surface area contributed by atoms with Crippen molar-refractivity contribution in [3.05, 3.63) is 0 Å². The van der Waals surface area contributed by atoms with E-state index in [0.717, 1.165) is 0 Å². The third-order valence-corrected chi connectivity index (χ3v) is 2.04. The second kappa shape index (κ2) is 4.04. The van der Waals surface area contributed by atoms with E-state index in [4.69, 9.17) is 0 Å². The molecule has 1 heterocycles. The van der Waals surface area contributed by atoms with E-state index in [0.29, 0.717) is 0 Å². The van der Waals surface area contributed by atoms with Gasteiger partial charge in [0, 0.05) is 0 Å². The summed E-state index contributed by atoms with van der Waals surface area (Å²) < 4.78 is 25.3. The molecule has 4 nitrogen and oxygen atoms in total. The first kappa shape index (κ1) is 8.96. The van der Waals surface area contributed by atoms with Crippen LogP contribution >= 0.6 is 0 Å². The highest BCUT2D eigenvalue weighted by molar-refractivity contribution is 7.85. The Bertz CT molecular complexity index is 171. The number of rotatable bonds is 0. The molecule has 0 spiro atoms. The molecule has 0 aromatic rings. The summed E-state index contributed by atoms with van der Waals surface area (Å²) in [5.74, 6) is 0. The molecule has 2 rings (SSSR count). The maximum Gasteiger partial charge on any atom is 0.455 e. The lowest BCUT2D eigenvalue weighted by atomic mass is 10.0. The zero-order valence-electron chi connectivity index (χ0n) is 6.28. The van der Waals surface area contributed by atoms with Gasteiger partial charge < -0.3 is 0 Å². The monoisotopic (exact) mass is 180 g/mol. The zero-order valence-corrected chi connectivity index (χ0v) is 7.10. The molecule has 0 radical (unpaired) electrons. The van der Waals surface area contributed by atoms with E-state index in [9.17, 15) is 8.42 Å². The van der Waals surface area contributed by atoms with E-state index in [1.165, 1.54) is 38.5 Å². The molecule has 0 unspecified atom stereocenters.